The van der Waals surface area contributed by atoms with E-state index >= 15 is 0 Å². The standard InChI is InChI=1S/C6H10O3S/c7-2-5-1-4(3-10)6(8)9-5/h4-5,7,10H,1-3H2. The lowest BCUT2D eigenvalue weighted by atomic mass is 10.1. The highest BCUT2D eigenvalue weighted by molar-refractivity contribution is 7.80. The highest BCUT2D eigenvalue weighted by Crippen LogP contribution is 2.21. The molecule has 0 bridgehead atoms. The molecule has 0 spiro atoms. The van der Waals surface area contributed by atoms with Crippen LogP contribution >= 0.6 is 12.6 Å². The van der Waals surface area contributed by atoms with Gasteiger partial charge in [0.25, 0.3) is 0 Å². The van der Waals surface area contributed by atoms with Gasteiger partial charge < -0.3 is 9.84 Å². The lowest BCUT2D eigenvalue weighted by Gasteiger charge is -2.01. The Labute approximate surface area is 64.8 Å². The van der Waals surface area contributed by atoms with Crippen LogP contribution in [0.3, 0.4) is 0 Å². The minimum absolute atomic E-state index is 0.0734. The maximum atomic E-state index is 10.8. The second-order valence-corrected chi connectivity index (χ2v) is 2.72. The molecule has 1 saturated heterocycles. The molecule has 1 heterocycles. The summed E-state index contributed by atoms with van der Waals surface area (Å²) in [5.74, 6) is 0.171. The van der Waals surface area contributed by atoms with Crippen molar-refractivity contribution in [1.29, 1.82) is 0 Å². The van der Waals surface area contributed by atoms with Crippen molar-refractivity contribution in [2.45, 2.75) is 12.5 Å². The zero-order chi connectivity index (χ0) is 7.56. The van der Waals surface area contributed by atoms with Crippen LogP contribution in [0.25, 0.3) is 0 Å². The summed E-state index contributed by atoms with van der Waals surface area (Å²) in [5, 5.41) is 8.59. The maximum Gasteiger partial charge on any atom is 0.310 e. The second kappa shape index (κ2) is 3.25. The topological polar surface area (TPSA) is 46.5 Å². The third kappa shape index (κ3) is 1.44. The second-order valence-electron chi connectivity index (χ2n) is 2.36. The summed E-state index contributed by atoms with van der Waals surface area (Å²) in [5.41, 5.74) is 0. The minimum atomic E-state index is -0.287. The highest BCUT2D eigenvalue weighted by Gasteiger charge is 2.32. The van der Waals surface area contributed by atoms with Crippen LogP contribution in [0, 0.1) is 5.92 Å². The maximum absolute atomic E-state index is 10.8. The Morgan fingerprint density at radius 3 is 2.80 bits per heavy atom. The first-order chi connectivity index (χ1) is 4.77. The van der Waals surface area contributed by atoms with Gasteiger partial charge in [-0.25, -0.2) is 0 Å². The molecule has 1 rings (SSSR count). The summed E-state index contributed by atoms with van der Waals surface area (Å²) in [6.45, 7) is -0.0734. The van der Waals surface area contributed by atoms with E-state index < -0.39 is 0 Å². The third-order valence-corrected chi connectivity index (χ3v) is 2.03. The van der Waals surface area contributed by atoms with E-state index in [2.05, 4.69) is 12.6 Å². The predicted octanol–water partition coefficient (Wildman–Crippen LogP) is -0.160. The van der Waals surface area contributed by atoms with Gasteiger partial charge in [-0.05, 0) is 0 Å². The van der Waals surface area contributed by atoms with E-state index in [0.29, 0.717) is 12.2 Å². The van der Waals surface area contributed by atoms with Gasteiger partial charge in [-0.1, -0.05) is 0 Å². The monoisotopic (exact) mass is 162 g/mol. The van der Waals surface area contributed by atoms with E-state index in [1.54, 1.807) is 0 Å². The van der Waals surface area contributed by atoms with Gasteiger partial charge in [0, 0.05) is 12.2 Å². The summed E-state index contributed by atoms with van der Waals surface area (Å²) >= 11 is 3.97. The molecule has 1 aliphatic rings. The van der Waals surface area contributed by atoms with E-state index in [1.807, 2.05) is 0 Å². The minimum Gasteiger partial charge on any atom is -0.460 e. The average Bonchev–Trinajstić information content (AvgIpc) is 2.30. The largest absolute Gasteiger partial charge is 0.460 e. The molecule has 1 N–H and O–H groups in total. The molecule has 1 aliphatic heterocycles. The molecular weight excluding hydrogens is 152 g/mol. The van der Waals surface area contributed by atoms with Gasteiger partial charge >= 0.3 is 5.97 Å². The first-order valence-electron chi connectivity index (χ1n) is 3.20. The number of rotatable bonds is 2. The fraction of sp³-hybridized carbons (Fsp3) is 0.833. The highest BCUT2D eigenvalue weighted by atomic mass is 32.1. The summed E-state index contributed by atoms with van der Waals surface area (Å²) in [4.78, 5) is 10.8. The average molecular weight is 162 g/mol. The molecule has 1 fully saturated rings. The van der Waals surface area contributed by atoms with Crippen LogP contribution in [0.1, 0.15) is 6.42 Å². The van der Waals surface area contributed by atoms with E-state index in [-0.39, 0.29) is 24.6 Å². The van der Waals surface area contributed by atoms with Gasteiger partial charge in [0.15, 0.2) is 0 Å². The number of aliphatic hydroxyl groups is 1. The Hall–Kier alpha value is -0.220. The Morgan fingerprint density at radius 2 is 2.50 bits per heavy atom. The van der Waals surface area contributed by atoms with Gasteiger partial charge in [0.2, 0.25) is 0 Å². The number of esters is 1. The smallest absolute Gasteiger partial charge is 0.310 e. The number of hydrogen-bond donors (Lipinski definition) is 2. The van der Waals surface area contributed by atoms with Crippen molar-refractivity contribution in [3.05, 3.63) is 0 Å². The first kappa shape index (κ1) is 7.88. The predicted molar refractivity (Wildman–Crippen MR) is 38.9 cm³/mol. The quantitative estimate of drug-likeness (QED) is 0.438. The number of carbonyl (C=O) groups excluding carboxylic acids is 1. The Morgan fingerprint density at radius 1 is 1.80 bits per heavy atom. The molecule has 0 saturated carbocycles. The van der Waals surface area contributed by atoms with Crippen molar-refractivity contribution in [1.82, 2.24) is 0 Å². The normalized spacial score (nSPS) is 32.4. The van der Waals surface area contributed by atoms with Crippen LogP contribution < -0.4 is 0 Å². The van der Waals surface area contributed by atoms with Crippen LogP contribution in [0.4, 0.5) is 0 Å². The number of cyclic esters (lactones) is 1. The summed E-state index contributed by atoms with van der Waals surface area (Å²) in [6, 6.07) is 0. The van der Waals surface area contributed by atoms with Crippen LogP contribution in [0.15, 0.2) is 0 Å². The molecule has 58 valence electrons. The molecule has 0 aromatic carbocycles. The molecule has 10 heavy (non-hydrogen) atoms. The first-order valence-corrected chi connectivity index (χ1v) is 3.83. The summed E-state index contributed by atoms with van der Waals surface area (Å²) < 4.78 is 4.78. The molecule has 0 amide bonds. The number of hydrogen-bond acceptors (Lipinski definition) is 4. The van der Waals surface area contributed by atoms with Crippen molar-refractivity contribution in [2.75, 3.05) is 12.4 Å². The SMILES string of the molecule is O=C1OC(CO)CC1CS. The molecule has 2 atom stereocenters. The van der Waals surface area contributed by atoms with Crippen molar-refractivity contribution >= 4 is 18.6 Å². The van der Waals surface area contributed by atoms with E-state index in [9.17, 15) is 4.79 Å². The van der Waals surface area contributed by atoms with Crippen molar-refractivity contribution in [3.8, 4) is 0 Å². The molecule has 0 radical (unpaired) electrons. The Kier molecular flexibility index (Phi) is 2.56. The molecule has 4 heteroatoms. The van der Waals surface area contributed by atoms with Crippen molar-refractivity contribution < 1.29 is 14.6 Å². The van der Waals surface area contributed by atoms with Crippen LogP contribution in [0.2, 0.25) is 0 Å². The van der Waals surface area contributed by atoms with E-state index in [0.717, 1.165) is 0 Å². The van der Waals surface area contributed by atoms with E-state index in [4.69, 9.17) is 9.84 Å². The molecule has 3 nitrogen and oxygen atoms in total. The zero-order valence-electron chi connectivity index (χ0n) is 5.49. The number of aliphatic hydroxyl groups excluding tert-OH is 1. The molecule has 2 unspecified atom stereocenters. The van der Waals surface area contributed by atoms with Crippen molar-refractivity contribution in [3.63, 3.8) is 0 Å². The van der Waals surface area contributed by atoms with Gasteiger partial charge in [0.1, 0.15) is 6.10 Å². The fourth-order valence-corrected chi connectivity index (χ4v) is 1.28. The lowest BCUT2D eigenvalue weighted by molar-refractivity contribution is -0.144. The van der Waals surface area contributed by atoms with Crippen LogP contribution in [-0.4, -0.2) is 29.5 Å². The Bertz CT molecular complexity index is 137. The van der Waals surface area contributed by atoms with E-state index in [1.165, 1.54) is 0 Å². The third-order valence-electron chi connectivity index (χ3n) is 1.59. The van der Waals surface area contributed by atoms with Gasteiger partial charge in [-0.3, -0.25) is 4.79 Å². The molecular formula is C6H10O3S. The molecule has 0 aromatic heterocycles. The zero-order valence-corrected chi connectivity index (χ0v) is 6.38. The Balaban J connectivity index is 2.44. The summed E-state index contributed by atoms with van der Waals surface area (Å²) in [7, 11) is 0. The number of thiol groups is 1. The fourth-order valence-electron chi connectivity index (χ4n) is 0.983. The van der Waals surface area contributed by atoms with Gasteiger partial charge in [-0.15, -0.1) is 0 Å². The molecule has 0 aromatic rings. The van der Waals surface area contributed by atoms with Crippen LogP contribution in [0.5, 0.6) is 0 Å². The summed E-state index contributed by atoms with van der Waals surface area (Å²) in [6.07, 6.45) is 0.323. The van der Waals surface area contributed by atoms with Gasteiger partial charge in [0.05, 0.1) is 12.5 Å². The molecule has 0 aliphatic carbocycles. The lowest BCUT2D eigenvalue weighted by Crippen LogP contribution is -2.10. The van der Waals surface area contributed by atoms with Crippen molar-refractivity contribution in [2.24, 2.45) is 5.92 Å². The number of ether oxygens (including phenoxy) is 1. The van der Waals surface area contributed by atoms with Crippen LogP contribution in [-0.2, 0) is 9.53 Å². The van der Waals surface area contributed by atoms with Gasteiger partial charge in [-0.2, -0.15) is 12.6 Å². The number of carbonyl (C=O) groups is 1.